The van der Waals surface area contributed by atoms with Crippen molar-refractivity contribution in [3.05, 3.63) is 65.1 Å². The Labute approximate surface area is 218 Å². The number of aryl methyl sites for hydroxylation is 2. The van der Waals surface area contributed by atoms with Gasteiger partial charge in [-0.05, 0) is 66.8 Å². The first-order valence-corrected chi connectivity index (χ1v) is 13.5. The van der Waals surface area contributed by atoms with E-state index in [0.29, 0.717) is 24.0 Å². The number of hydrogen-bond acceptors (Lipinski definition) is 7. The number of ether oxygens (including phenoxy) is 1. The van der Waals surface area contributed by atoms with E-state index in [9.17, 15) is 8.60 Å². The Morgan fingerprint density at radius 3 is 2.76 bits per heavy atom. The second kappa shape index (κ2) is 11.2. The average Bonchev–Trinajstić information content (AvgIpc) is 3.57. The Morgan fingerprint density at radius 2 is 2.08 bits per heavy atom. The standard InChI is InChI=1S/C26H32FN7O2S/c1-18-11-24(30-22-5-3-21(27)4-6-22)20(13-28)12-23(18)25-16-34(37(35)26-14-29-32(2)31-26)9-8-33(25)15-19-7-10-36-17-19/h3-6,11-14,19,25,28,30H,7-10,15-17H2,1-2H3. The van der Waals surface area contributed by atoms with Crippen LogP contribution in [0, 0.1) is 24.1 Å². The van der Waals surface area contributed by atoms with Gasteiger partial charge in [0.05, 0.1) is 12.8 Å². The molecule has 11 heteroatoms. The van der Waals surface area contributed by atoms with E-state index in [1.54, 1.807) is 25.4 Å². The van der Waals surface area contributed by atoms with Crippen molar-refractivity contribution in [2.45, 2.75) is 24.4 Å². The lowest BCUT2D eigenvalue weighted by Crippen LogP contribution is -2.50. The molecule has 0 amide bonds. The largest absolute Gasteiger partial charge is 0.381 e. The molecule has 2 aliphatic heterocycles. The summed E-state index contributed by atoms with van der Waals surface area (Å²) in [6.07, 6.45) is 3.94. The SMILES string of the molecule is Cc1cc(Nc2ccc(F)cc2)c(C=N)cc1C1CN(S(=O)c2cnn(C)n2)CCN1CC1CCOC1. The summed E-state index contributed by atoms with van der Waals surface area (Å²) in [5.41, 5.74) is 4.45. The molecular weight excluding hydrogens is 493 g/mol. The smallest absolute Gasteiger partial charge is 0.185 e. The van der Waals surface area contributed by atoms with E-state index < -0.39 is 11.0 Å². The van der Waals surface area contributed by atoms with Gasteiger partial charge in [0.25, 0.3) is 0 Å². The molecule has 1 aromatic heterocycles. The van der Waals surface area contributed by atoms with Crippen LogP contribution < -0.4 is 5.32 Å². The van der Waals surface area contributed by atoms with E-state index in [-0.39, 0.29) is 11.9 Å². The number of piperazine rings is 1. The summed E-state index contributed by atoms with van der Waals surface area (Å²) in [6.45, 7) is 6.53. The van der Waals surface area contributed by atoms with Crippen molar-refractivity contribution in [1.29, 1.82) is 5.41 Å². The van der Waals surface area contributed by atoms with Gasteiger partial charge < -0.3 is 15.5 Å². The van der Waals surface area contributed by atoms with Crippen LogP contribution in [0.25, 0.3) is 0 Å². The fourth-order valence-corrected chi connectivity index (χ4v) is 6.19. The number of halogens is 1. The molecule has 3 aromatic rings. The summed E-state index contributed by atoms with van der Waals surface area (Å²) >= 11 is 0. The van der Waals surface area contributed by atoms with E-state index in [4.69, 9.17) is 10.1 Å². The monoisotopic (exact) mass is 525 g/mol. The third kappa shape index (κ3) is 5.80. The van der Waals surface area contributed by atoms with Crippen molar-refractivity contribution in [3.8, 4) is 0 Å². The zero-order valence-electron chi connectivity index (χ0n) is 21.1. The topological polar surface area (TPSA) is 99.4 Å². The molecule has 9 nitrogen and oxygen atoms in total. The van der Waals surface area contributed by atoms with Gasteiger partial charge in [-0.15, -0.1) is 5.10 Å². The number of anilines is 2. The van der Waals surface area contributed by atoms with Gasteiger partial charge in [-0.1, -0.05) is 0 Å². The Kier molecular flexibility index (Phi) is 7.75. The fourth-order valence-electron chi connectivity index (χ4n) is 5.08. The third-order valence-electron chi connectivity index (χ3n) is 7.04. The molecule has 0 radical (unpaired) electrons. The van der Waals surface area contributed by atoms with Crippen molar-refractivity contribution >= 4 is 28.6 Å². The summed E-state index contributed by atoms with van der Waals surface area (Å²) < 4.78 is 34.3. The van der Waals surface area contributed by atoms with Crippen molar-refractivity contribution < 1.29 is 13.3 Å². The molecule has 0 spiro atoms. The lowest BCUT2D eigenvalue weighted by atomic mass is 9.94. The van der Waals surface area contributed by atoms with Crippen LogP contribution in [0.1, 0.15) is 29.2 Å². The second-order valence-corrected chi connectivity index (χ2v) is 11.1. The van der Waals surface area contributed by atoms with Gasteiger partial charge in [-0.3, -0.25) is 4.90 Å². The zero-order valence-corrected chi connectivity index (χ0v) is 21.9. The Hall–Kier alpha value is -2.99. The number of benzene rings is 2. The third-order valence-corrected chi connectivity index (χ3v) is 8.38. The van der Waals surface area contributed by atoms with Crippen LogP contribution in [-0.2, 0) is 22.8 Å². The molecule has 2 fully saturated rings. The Morgan fingerprint density at radius 1 is 1.27 bits per heavy atom. The highest BCUT2D eigenvalue weighted by Crippen LogP contribution is 2.34. The molecule has 2 aromatic carbocycles. The van der Waals surface area contributed by atoms with Gasteiger partial charge in [0.15, 0.2) is 5.03 Å². The van der Waals surface area contributed by atoms with Crippen LogP contribution in [0.15, 0.2) is 47.6 Å². The molecule has 3 atom stereocenters. The minimum Gasteiger partial charge on any atom is -0.381 e. The molecule has 196 valence electrons. The van der Waals surface area contributed by atoms with Gasteiger partial charge in [0, 0.05) is 69.0 Å². The first-order valence-electron chi connectivity index (χ1n) is 12.4. The highest BCUT2D eigenvalue weighted by molar-refractivity contribution is 7.82. The molecule has 5 rings (SSSR count). The first-order chi connectivity index (χ1) is 17.9. The van der Waals surface area contributed by atoms with Crippen molar-refractivity contribution in [3.63, 3.8) is 0 Å². The fraction of sp³-hybridized carbons (Fsp3) is 0.423. The van der Waals surface area contributed by atoms with Gasteiger partial charge in [0.2, 0.25) is 0 Å². The predicted octanol–water partition coefficient (Wildman–Crippen LogP) is 3.42. The van der Waals surface area contributed by atoms with E-state index in [2.05, 4.69) is 27.3 Å². The van der Waals surface area contributed by atoms with Crippen LogP contribution >= 0.6 is 0 Å². The molecule has 3 heterocycles. The number of aromatic nitrogens is 3. The van der Waals surface area contributed by atoms with Gasteiger partial charge >= 0.3 is 0 Å². The van der Waals surface area contributed by atoms with Crippen LogP contribution in [0.5, 0.6) is 0 Å². The van der Waals surface area contributed by atoms with Crippen LogP contribution in [0.2, 0.25) is 0 Å². The molecule has 0 saturated carbocycles. The molecule has 3 unspecified atom stereocenters. The summed E-state index contributed by atoms with van der Waals surface area (Å²) in [4.78, 5) is 3.89. The lowest BCUT2D eigenvalue weighted by molar-refractivity contribution is 0.0949. The summed E-state index contributed by atoms with van der Waals surface area (Å²) in [6, 6.07) is 10.3. The van der Waals surface area contributed by atoms with E-state index >= 15 is 0 Å². The van der Waals surface area contributed by atoms with Crippen molar-refractivity contribution in [2.75, 3.05) is 44.7 Å². The van der Waals surface area contributed by atoms with Gasteiger partial charge in [-0.25, -0.2) is 12.9 Å². The maximum atomic E-state index is 13.4. The average molecular weight is 526 g/mol. The summed E-state index contributed by atoms with van der Waals surface area (Å²) in [5, 5.41) is 20.2. The number of rotatable bonds is 8. The summed E-state index contributed by atoms with van der Waals surface area (Å²) in [7, 11) is 0.308. The highest BCUT2D eigenvalue weighted by atomic mass is 32.2. The van der Waals surface area contributed by atoms with Crippen LogP contribution in [0.4, 0.5) is 15.8 Å². The maximum absolute atomic E-state index is 13.4. The van der Waals surface area contributed by atoms with Gasteiger partial charge in [0.1, 0.15) is 16.8 Å². The maximum Gasteiger partial charge on any atom is 0.185 e. The van der Waals surface area contributed by atoms with Crippen molar-refractivity contribution in [2.24, 2.45) is 13.0 Å². The number of hydrogen-bond donors (Lipinski definition) is 2. The number of nitrogens with zero attached hydrogens (tertiary/aromatic N) is 5. The molecule has 37 heavy (non-hydrogen) atoms. The molecule has 2 N–H and O–H groups in total. The van der Waals surface area contributed by atoms with Gasteiger partial charge in [-0.2, -0.15) is 9.90 Å². The van der Waals surface area contributed by atoms with E-state index in [1.807, 2.05) is 16.4 Å². The Balaban J connectivity index is 1.45. The van der Waals surface area contributed by atoms with Crippen LogP contribution in [0.3, 0.4) is 0 Å². The Bertz CT molecular complexity index is 1280. The minimum atomic E-state index is -1.41. The number of nitrogens with one attached hydrogen (secondary N) is 2. The first kappa shape index (κ1) is 25.7. The minimum absolute atomic E-state index is 0.00598. The normalized spacial score (nSPS) is 21.7. The molecule has 0 aliphatic carbocycles. The van der Waals surface area contributed by atoms with E-state index in [0.717, 1.165) is 60.8 Å². The van der Waals surface area contributed by atoms with E-state index in [1.165, 1.54) is 23.1 Å². The van der Waals surface area contributed by atoms with Crippen molar-refractivity contribution in [1.82, 2.24) is 24.2 Å². The second-order valence-electron chi connectivity index (χ2n) is 9.62. The molecule has 0 bridgehead atoms. The zero-order chi connectivity index (χ0) is 25.9. The lowest BCUT2D eigenvalue weighted by Gasteiger charge is -2.42. The predicted molar refractivity (Wildman–Crippen MR) is 141 cm³/mol. The molecule has 2 saturated heterocycles. The molecule has 2 aliphatic rings. The summed E-state index contributed by atoms with van der Waals surface area (Å²) in [5.74, 6) is 0.180. The highest BCUT2D eigenvalue weighted by Gasteiger charge is 2.35. The quantitative estimate of drug-likeness (QED) is 0.437. The van der Waals surface area contributed by atoms with Crippen LogP contribution in [-0.4, -0.2) is 74.0 Å². The molecular formula is C26H32FN7O2S.